The lowest BCUT2D eigenvalue weighted by Gasteiger charge is -2.62. The molecule has 1 N–H and O–H groups in total. The molecular weight excluding hydrogens is 483 g/mol. The Kier molecular flexibility index (Phi) is 6.53. The van der Waals surface area contributed by atoms with E-state index in [9.17, 15) is 0 Å². The minimum Gasteiger partial charge on any atom is -0.377 e. The van der Waals surface area contributed by atoms with Crippen LogP contribution in [0.1, 0.15) is 42.8 Å². The molecule has 5 atom stereocenters. The third-order valence-electron chi connectivity index (χ3n) is 7.19. The van der Waals surface area contributed by atoms with Crippen molar-refractivity contribution >= 4 is 46.4 Å². The fraction of sp³-hybridized carbons (Fsp3) is 0.762. The van der Waals surface area contributed by atoms with Crippen LogP contribution in [0.2, 0.25) is 0 Å². The number of hydrogen-bond acceptors (Lipinski definition) is 11. The van der Waals surface area contributed by atoms with Gasteiger partial charge in [0.15, 0.2) is 0 Å². The zero-order chi connectivity index (χ0) is 21.4. The Hall–Kier alpha value is -0.270. The lowest BCUT2D eigenvalue weighted by molar-refractivity contribution is -0.107. The van der Waals surface area contributed by atoms with E-state index in [4.69, 9.17) is 19.6 Å². The summed E-state index contributed by atoms with van der Waals surface area (Å²) in [6, 6.07) is 0. The number of hydrogen-bond donors (Lipinski definition) is 1. The Morgan fingerprint density at radius 2 is 1.97 bits per heavy atom. The molecule has 11 heteroatoms. The Balaban J connectivity index is 1.63. The number of ether oxygens (including phenoxy) is 2. The second-order valence-electron chi connectivity index (χ2n) is 8.71. The van der Waals surface area contributed by atoms with Crippen molar-refractivity contribution in [2.75, 3.05) is 37.8 Å². The molecule has 0 radical (unpaired) electrons. The lowest BCUT2D eigenvalue weighted by atomic mass is 9.70. The van der Waals surface area contributed by atoms with E-state index < -0.39 is 5.54 Å². The van der Waals surface area contributed by atoms with E-state index in [0.29, 0.717) is 0 Å². The Labute approximate surface area is 205 Å². The Morgan fingerprint density at radius 1 is 1.09 bits per heavy atom. The van der Waals surface area contributed by atoms with Gasteiger partial charge >= 0.3 is 0 Å². The van der Waals surface area contributed by atoms with Crippen LogP contribution in [-0.4, -0.2) is 79.7 Å². The van der Waals surface area contributed by atoms with E-state index in [1.807, 2.05) is 18.0 Å². The first kappa shape index (κ1) is 22.2. The van der Waals surface area contributed by atoms with Gasteiger partial charge in [-0.15, -0.1) is 40.0 Å². The molecule has 0 aromatic carbocycles. The molecule has 0 bridgehead atoms. The largest absolute Gasteiger partial charge is 0.377 e. The minimum atomic E-state index is -0.552. The standard InChI is InChI=1S/C21H29N5O2S4/c1-2-9-27-16(4-1)21(17-5-3-10-28-17)20(15-14-32-25-24-15,18-22-6-11-29-18)26(8-13-31-21)19-23-7-12-30-19/h6,11,14,16-17,19,23H,1-5,7-10,12-13H2. The number of nitrogens with zero attached hydrogens (tertiary/aromatic N) is 4. The van der Waals surface area contributed by atoms with E-state index in [-0.39, 0.29) is 22.5 Å². The lowest BCUT2D eigenvalue weighted by Crippen LogP contribution is -2.75. The van der Waals surface area contributed by atoms with Gasteiger partial charge in [-0.1, -0.05) is 4.49 Å². The SMILES string of the molecule is c1csc(C2(c3csnn3)N(C3NCCS3)CCSC2(C2CCCCO2)C2CCCO2)n1. The zero-order valence-corrected chi connectivity index (χ0v) is 21.2. The molecule has 4 fully saturated rings. The first-order chi connectivity index (χ1) is 15.9. The summed E-state index contributed by atoms with van der Waals surface area (Å²) in [5.41, 5.74) is 0.665. The van der Waals surface area contributed by atoms with Crippen LogP contribution in [0.25, 0.3) is 0 Å². The molecule has 6 heterocycles. The van der Waals surface area contributed by atoms with Gasteiger partial charge in [0.05, 0.1) is 17.0 Å². The molecule has 4 aliphatic rings. The summed E-state index contributed by atoms with van der Waals surface area (Å²) in [6.45, 7) is 3.63. The van der Waals surface area contributed by atoms with Crippen LogP contribution in [0.5, 0.6) is 0 Å². The maximum atomic E-state index is 6.67. The van der Waals surface area contributed by atoms with Crippen LogP contribution in [0, 0.1) is 0 Å². The van der Waals surface area contributed by atoms with Crippen LogP contribution in [0.4, 0.5) is 0 Å². The molecule has 32 heavy (non-hydrogen) atoms. The molecule has 174 valence electrons. The van der Waals surface area contributed by atoms with Gasteiger partial charge in [0, 0.05) is 54.8 Å². The van der Waals surface area contributed by atoms with Crippen LogP contribution >= 0.6 is 46.4 Å². The molecule has 0 saturated carbocycles. The van der Waals surface area contributed by atoms with Gasteiger partial charge in [0.25, 0.3) is 0 Å². The van der Waals surface area contributed by atoms with Crippen molar-refractivity contribution < 1.29 is 9.47 Å². The summed E-state index contributed by atoms with van der Waals surface area (Å²) < 4.78 is 17.3. The first-order valence-electron chi connectivity index (χ1n) is 11.5. The zero-order valence-electron chi connectivity index (χ0n) is 18.0. The predicted molar refractivity (Wildman–Crippen MR) is 132 cm³/mol. The highest BCUT2D eigenvalue weighted by Crippen LogP contribution is 2.61. The maximum absolute atomic E-state index is 6.67. The predicted octanol–water partition coefficient (Wildman–Crippen LogP) is 3.39. The highest BCUT2D eigenvalue weighted by Gasteiger charge is 2.70. The second kappa shape index (κ2) is 9.41. The minimum absolute atomic E-state index is 0.0872. The molecule has 7 nitrogen and oxygen atoms in total. The summed E-state index contributed by atoms with van der Waals surface area (Å²) in [6.07, 6.45) is 7.65. The highest BCUT2D eigenvalue weighted by atomic mass is 32.2. The summed E-state index contributed by atoms with van der Waals surface area (Å²) in [7, 11) is 0. The van der Waals surface area contributed by atoms with E-state index in [1.165, 1.54) is 18.0 Å². The van der Waals surface area contributed by atoms with Crippen molar-refractivity contribution in [1.29, 1.82) is 0 Å². The molecule has 2 aromatic rings. The van der Waals surface area contributed by atoms with Gasteiger partial charge in [-0.05, 0) is 43.6 Å². The third kappa shape index (κ3) is 3.34. The van der Waals surface area contributed by atoms with E-state index in [0.717, 1.165) is 74.2 Å². The van der Waals surface area contributed by atoms with Gasteiger partial charge in [-0.3, -0.25) is 10.2 Å². The number of aromatic nitrogens is 3. The summed E-state index contributed by atoms with van der Waals surface area (Å²) in [4.78, 5) is 7.65. The number of rotatable bonds is 5. The van der Waals surface area contributed by atoms with Crippen molar-refractivity contribution in [2.45, 2.75) is 60.1 Å². The normalized spacial score (nSPS) is 38.9. The van der Waals surface area contributed by atoms with Crippen molar-refractivity contribution in [1.82, 2.24) is 24.8 Å². The quantitative estimate of drug-likeness (QED) is 0.650. The van der Waals surface area contributed by atoms with Gasteiger partial charge in [-0.25, -0.2) is 4.98 Å². The van der Waals surface area contributed by atoms with Gasteiger partial charge in [-0.2, -0.15) is 0 Å². The first-order valence-corrected chi connectivity index (χ1v) is 15.3. The van der Waals surface area contributed by atoms with Gasteiger partial charge in [0.2, 0.25) is 0 Å². The summed E-state index contributed by atoms with van der Waals surface area (Å²) in [5.74, 6) is 2.16. The Bertz CT molecular complexity index is 833. The molecule has 4 saturated heterocycles. The molecule has 5 unspecified atom stereocenters. The summed E-state index contributed by atoms with van der Waals surface area (Å²) >= 11 is 7.22. The molecule has 2 aromatic heterocycles. The molecule has 4 aliphatic heterocycles. The molecule has 0 aliphatic carbocycles. The Morgan fingerprint density at radius 3 is 2.62 bits per heavy atom. The number of thioether (sulfide) groups is 2. The fourth-order valence-corrected chi connectivity index (χ4v) is 10.6. The summed E-state index contributed by atoms with van der Waals surface area (Å²) in [5, 5.41) is 13.9. The van der Waals surface area contributed by atoms with E-state index >= 15 is 0 Å². The third-order valence-corrected chi connectivity index (χ3v) is 11.4. The molecule has 6 rings (SSSR count). The van der Waals surface area contributed by atoms with E-state index in [2.05, 4.69) is 37.2 Å². The van der Waals surface area contributed by atoms with Crippen LogP contribution in [0.3, 0.4) is 0 Å². The van der Waals surface area contributed by atoms with Crippen molar-refractivity contribution in [3.05, 3.63) is 27.7 Å². The van der Waals surface area contributed by atoms with Crippen molar-refractivity contribution in [3.8, 4) is 0 Å². The van der Waals surface area contributed by atoms with Crippen LogP contribution < -0.4 is 5.32 Å². The van der Waals surface area contributed by atoms with Crippen LogP contribution in [0.15, 0.2) is 17.0 Å². The van der Waals surface area contributed by atoms with Gasteiger partial charge < -0.3 is 9.47 Å². The molecule has 0 spiro atoms. The fourth-order valence-electron chi connectivity index (χ4n) is 6.04. The monoisotopic (exact) mass is 511 g/mol. The van der Waals surface area contributed by atoms with E-state index in [1.54, 1.807) is 11.3 Å². The molecule has 0 amide bonds. The van der Waals surface area contributed by atoms with Crippen LogP contribution in [-0.2, 0) is 15.0 Å². The molecular formula is C21H29N5O2S4. The second-order valence-corrected chi connectivity index (χ2v) is 12.8. The number of thiazole rings is 1. The van der Waals surface area contributed by atoms with Gasteiger partial charge in [0.1, 0.15) is 21.7 Å². The average molecular weight is 512 g/mol. The van der Waals surface area contributed by atoms with Crippen molar-refractivity contribution in [2.24, 2.45) is 0 Å². The maximum Gasteiger partial charge on any atom is 0.140 e. The van der Waals surface area contributed by atoms with Crippen molar-refractivity contribution in [3.63, 3.8) is 0 Å². The smallest absolute Gasteiger partial charge is 0.140 e. The number of nitrogens with one attached hydrogen (secondary N) is 1. The average Bonchev–Trinajstić information content (AvgIpc) is 3.67. The topological polar surface area (TPSA) is 72.4 Å². The highest BCUT2D eigenvalue weighted by molar-refractivity contribution is 8.01.